The molecule has 1 aliphatic rings. The van der Waals surface area contributed by atoms with Gasteiger partial charge in [0.15, 0.2) is 10.2 Å². The highest BCUT2D eigenvalue weighted by Gasteiger charge is 2.42. The van der Waals surface area contributed by atoms with E-state index in [-0.39, 0.29) is 24.6 Å². The number of thiazole rings is 1. The van der Waals surface area contributed by atoms with Crippen LogP contribution in [0.25, 0.3) is 15.3 Å². The second-order valence-electron chi connectivity index (χ2n) is 9.13. The zero-order valence-corrected chi connectivity index (χ0v) is 23.4. The third-order valence-corrected chi connectivity index (χ3v) is 8.03. The second kappa shape index (κ2) is 11.0. The maximum absolute atomic E-state index is 12.4. The molecule has 0 unspecified atom stereocenters. The van der Waals surface area contributed by atoms with Crippen LogP contribution in [0.3, 0.4) is 0 Å². The van der Waals surface area contributed by atoms with Gasteiger partial charge in [-0.2, -0.15) is 0 Å². The molecule has 9 nitrogen and oxygen atoms in total. The Kier molecular flexibility index (Phi) is 7.16. The molecule has 3 aromatic heterocycles. The third-order valence-electron chi connectivity index (χ3n) is 6.68. The number of carbonyl (C=O) groups is 1. The lowest BCUT2D eigenvalue weighted by Crippen LogP contribution is -2.30. The van der Waals surface area contributed by atoms with Gasteiger partial charge in [0.2, 0.25) is 5.91 Å². The molecule has 1 aliphatic heterocycles. The summed E-state index contributed by atoms with van der Waals surface area (Å²) in [4.78, 5) is 24.0. The first-order chi connectivity index (χ1) is 19.6. The summed E-state index contributed by atoms with van der Waals surface area (Å²) >= 11 is 7.55. The van der Waals surface area contributed by atoms with Crippen molar-refractivity contribution in [3.63, 3.8) is 0 Å². The Morgan fingerprint density at radius 1 is 1.10 bits per heavy atom. The number of carbonyl (C=O) groups excluding carboxylic acids is 1. The summed E-state index contributed by atoms with van der Waals surface area (Å²) in [6, 6.07) is 23.1. The van der Waals surface area contributed by atoms with Crippen molar-refractivity contribution in [2.24, 2.45) is 0 Å². The fraction of sp³-hybridized carbons (Fsp3) is 0.172. The van der Waals surface area contributed by atoms with Crippen molar-refractivity contribution >= 4 is 56.2 Å². The van der Waals surface area contributed by atoms with Crippen LogP contribution in [0.4, 0.5) is 11.4 Å². The van der Waals surface area contributed by atoms with E-state index in [1.54, 1.807) is 24.6 Å². The summed E-state index contributed by atoms with van der Waals surface area (Å²) in [5, 5.41) is 7.78. The van der Waals surface area contributed by atoms with Crippen molar-refractivity contribution in [1.29, 1.82) is 0 Å². The number of amides is 1. The first-order valence-corrected chi connectivity index (χ1v) is 13.8. The number of hydrogen-bond donors (Lipinski definition) is 2. The van der Waals surface area contributed by atoms with Gasteiger partial charge in [-0.05, 0) is 66.8 Å². The van der Waals surface area contributed by atoms with Crippen LogP contribution in [0, 0.1) is 0 Å². The van der Waals surface area contributed by atoms with E-state index < -0.39 is 0 Å². The second-order valence-corrected chi connectivity index (χ2v) is 10.5. The minimum Gasteiger partial charge on any atom is -0.495 e. The number of rotatable bonds is 8. The van der Waals surface area contributed by atoms with Gasteiger partial charge in [0.25, 0.3) is 0 Å². The predicted molar refractivity (Wildman–Crippen MR) is 160 cm³/mol. The van der Waals surface area contributed by atoms with Gasteiger partial charge in [-0.3, -0.25) is 14.3 Å². The Bertz CT molecular complexity index is 1650. The van der Waals surface area contributed by atoms with Crippen molar-refractivity contribution < 1.29 is 14.3 Å². The van der Waals surface area contributed by atoms with E-state index in [9.17, 15) is 4.79 Å². The molecule has 4 heterocycles. The fourth-order valence-electron chi connectivity index (χ4n) is 4.97. The molecule has 6 rings (SSSR count). The van der Waals surface area contributed by atoms with Crippen molar-refractivity contribution in [2.75, 3.05) is 31.0 Å². The number of hydrogen-bond acceptors (Lipinski definition) is 7. The molecule has 202 valence electrons. The molecule has 0 spiro atoms. The smallest absolute Gasteiger partial charge is 0.250 e. The Hall–Kier alpha value is -4.32. The SMILES string of the molecule is COCC(=O)Nc1cc(N2C(=S)N[C@H](c3ccccn3)[C@H]2c2cccn2-c2nc3ccccc3s2)ccc1OC. The molecule has 0 radical (unpaired) electrons. The highest BCUT2D eigenvalue weighted by atomic mass is 32.1. The Morgan fingerprint density at radius 2 is 1.95 bits per heavy atom. The van der Waals surface area contributed by atoms with Crippen LogP contribution in [0.2, 0.25) is 0 Å². The van der Waals surface area contributed by atoms with Gasteiger partial charge in [0.05, 0.1) is 40.4 Å². The molecule has 40 heavy (non-hydrogen) atoms. The normalized spacial score (nSPS) is 16.8. The highest BCUT2D eigenvalue weighted by molar-refractivity contribution is 7.80. The van der Waals surface area contributed by atoms with E-state index in [2.05, 4.69) is 37.2 Å². The fourth-order valence-corrected chi connectivity index (χ4v) is 6.28. The Labute approximate surface area is 240 Å². The summed E-state index contributed by atoms with van der Waals surface area (Å²) in [5.74, 6) is 0.245. The molecule has 2 atom stereocenters. The summed E-state index contributed by atoms with van der Waals surface area (Å²) < 4.78 is 13.7. The van der Waals surface area contributed by atoms with E-state index in [0.717, 1.165) is 32.4 Å². The number of nitrogens with one attached hydrogen (secondary N) is 2. The number of para-hydroxylation sites is 1. The van der Waals surface area contributed by atoms with E-state index in [1.807, 2.05) is 66.9 Å². The van der Waals surface area contributed by atoms with Gasteiger partial charge in [-0.1, -0.05) is 29.5 Å². The highest BCUT2D eigenvalue weighted by Crippen LogP contribution is 2.44. The van der Waals surface area contributed by atoms with Gasteiger partial charge >= 0.3 is 0 Å². The number of aromatic nitrogens is 3. The molecule has 2 N–H and O–H groups in total. The largest absolute Gasteiger partial charge is 0.495 e. The number of benzene rings is 2. The lowest BCUT2D eigenvalue weighted by Gasteiger charge is -2.29. The number of anilines is 2. The van der Waals surface area contributed by atoms with E-state index in [0.29, 0.717) is 16.5 Å². The molecule has 0 saturated carbocycles. The van der Waals surface area contributed by atoms with Crippen LogP contribution in [-0.2, 0) is 9.53 Å². The lowest BCUT2D eigenvalue weighted by atomic mass is 10.0. The first kappa shape index (κ1) is 25.9. The van der Waals surface area contributed by atoms with Gasteiger partial charge in [-0.15, -0.1) is 0 Å². The van der Waals surface area contributed by atoms with Crippen molar-refractivity contribution in [1.82, 2.24) is 19.9 Å². The zero-order valence-electron chi connectivity index (χ0n) is 21.8. The number of nitrogens with zero attached hydrogens (tertiary/aromatic N) is 4. The minimum atomic E-state index is -0.285. The number of methoxy groups -OCH3 is 2. The summed E-state index contributed by atoms with van der Waals surface area (Å²) in [5.41, 5.74) is 4.10. The number of fused-ring (bicyclic) bond motifs is 1. The van der Waals surface area contributed by atoms with Gasteiger partial charge < -0.3 is 25.0 Å². The summed E-state index contributed by atoms with van der Waals surface area (Å²) in [6.45, 7) is -0.0723. The molecular formula is C29H26N6O3S2. The van der Waals surface area contributed by atoms with Crippen LogP contribution in [-0.4, -0.2) is 46.4 Å². The number of thiocarbonyl (C=S) groups is 1. The summed E-state index contributed by atoms with van der Waals surface area (Å²) in [6.07, 6.45) is 3.80. The van der Waals surface area contributed by atoms with Crippen LogP contribution in [0.5, 0.6) is 5.75 Å². The van der Waals surface area contributed by atoms with E-state index in [1.165, 1.54) is 7.11 Å². The minimum absolute atomic E-state index is 0.0723. The molecule has 0 bridgehead atoms. The quantitative estimate of drug-likeness (QED) is 0.244. The van der Waals surface area contributed by atoms with Crippen LogP contribution in [0.1, 0.15) is 23.5 Å². The number of pyridine rings is 1. The standard InChI is InChI=1S/C29H26N6O3S2/c1-37-17-25(36)31-21-16-18(12-13-23(21)38-2)35-27(26(33-28(35)39)20-9-5-6-14-30-20)22-10-7-15-34(22)29-32-19-8-3-4-11-24(19)40-29/h3-16,26-27H,17H2,1-2H3,(H,31,36)(H,33,39)/t26-,27-/m1/s1. The maximum Gasteiger partial charge on any atom is 0.250 e. The third kappa shape index (κ3) is 4.79. The molecule has 0 aliphatic carbocycles. The monoisotopic (exact) mass is 570 g/mol. The molecule has 1 amide bonds. The summed E-state index contributed by atoms with van der Waals surface area (Å²) in [7, 11) is 3.04. The van der Waals surface area contributed by atoms with Gasteiger partial charge in [0, 0.05) is 25.2 Å². The van der Waals surface area contributed by atoms with Crippen LogP contribution in [0.15, 0.2) is 85.2 Å². The average molecular weight is 571 g/mol. The van der Waals surface area contributed by atoms with E-state index in [4.69, 9.17) is 26.7 Å². The first-order valence-electron chi connectivity index (χ1n) is 12.6. The van der Waals surface area contributed by atoms with Gasteiger partial charge in [0.1, 0.15) is 18.4 Å². The number of ether oxygens (including phenoxy) is 2. The molecule has 2 aromatic carbocycles. The Morgan fingerprint density at radius 3 is 2.73 bits per heavy atom. The van der Waals surface area contributed by atoms with Crippen LogP contribution < -0.4 is 20.3 Å². The molecular weight excluding hydrogens is 544 g/mol. The predicted octanol–water partition coefficient (Wildman–Crippen LogP) is 5.25. The Balaban J connectivity index is 1.47. The average Bonchev–Trinajstić information content (AvgIpc) is 3.70. The van der Waals surface area contributed by atoms with E-state index >= 15 is 0 Å². The van der Waals surface area contributed by atoms with Crippen LogP contribution >= 0.6 is 23.6 Å². The molecule has 1 fully saturated rings. The maximum atomic E-state index is 12.4. The molecule has 11 heteroatoms. The topological polar surface area (TPSA) is 93.5 Å². The van der Waals surface area contributed by atoms with Gasteiger partial charge in [-0.25, -0.2) is 4.98 Å². The van der Waals surface area contributed by atoms with Crippen molar-refractivity contribution in [3.8, 4) is 10.9 Å². The molecule has 1 saturated heterocycles. The molecule has 5 aromatic rings. The van der Waals surface area contributed by atoms with Crippen molar-refractivity contribution in [3.05, 3.63) is 96.6 Å². The lowest BCUT2D eigenvalue weighted by molar-refractivity contribution is -0.119. The van der Waals surface area contributed by atoms with Crippen molar-refractivity contribution in [2.45, 2.75) is 12.1 Å². The zero-order chi connectivity index (χ0) is 27.6.